The Morgan fingerprint density at radius 2 is 2.09 bits per heavy atom. The number of sulfonamides is 1. The number of hydrogen-bond donors (Lipinski definition) is 1. The number of nitrogens with zero attached hydrogens (tertiary/aromatic N) is 3. The van der Waals surface area contributed by atoms with Crippen LogP contribution in [0.15, 0.2) is 34.8 Å². The molecule has 8 heteroatoms. The van der Waals surface area contributed by atoms with Crippen molar-refractivity contribution in [2.45, 2.75) is 25.2 Å². The Morgan fingerprint density at radius 3 is 2.86 bits per heavy atom. The normalized spacial score (nSPS) is 12.1. The largest absolute Gasteiger partial charge is 0.240 e. The van der Waals surface area contributed by atoms with Gasteiger partial charge in [-0.15, -0.1) is 11.3 Å². The van der Waals surface area contributed by atoms with E-state index in [0.717, 1.165) is 21.8 Å². The molecule has 1 aromatic carbocycles. The Kier molecular flexibility index (Phi) is 3.98. The maximum Gasteiger partial charge on any atom is 0.240 e. The topological polar surface area (TPSA) is 76.4 Å². The third-order valence-corrected chi connectivity index (χ3v) is 5.89. The average Bonchev–Trinajstić information content (AvgIpc) is 3.06. The third kappa shape index (κ3) is 2.90. The van der Waals surface area contributed by atoms with E-state index in [0.29, 0.717) is 17.9 Å². The zero-order chi connectivity index (χ0) is 15.7. The van der Waals surface area contributed by atoms with E-state index in [1.165, 1.54) is 17.7 Å². The van der Waals surface area contributed by atoms with Gasteiger partial charge in [-0.1, -0.05) is 6.07 Å². The predicted octanol–water partition coefficient (Wildman–Crippen LogP) is 1.93. The number of rotatable bonds is 5. The van der Waals surface area contributed by atoms with Gasteiger partial charge in [-0.05, 0) is 37.1 Å². The molecule has 3 rings (SSSR count). The molecule has 0 aliphatic heterocycles. The first kappa shape index (κ1) is 15.1. The molecular formula is C14H16N4O2S2. The highest BCUT2D eigenvalue weighted by Crippen LogP contribution is 2.15. The fourth-order valence-electron chi connectivity index (χ4n) is 2.12. The summed E-state index contributed by atoms with van der Waals surface area (Å²) in [6.45, 7) is 4.18. The Morgan fingerprint density at radius 1 is 1.27 bits per heavy atom. The van der Waals surface area contributed by atoms with E-state index in [2.05, 4.69) is 14.8 Å². The van der Waals surface area contributed by atoms with E-state index in [1.54, 1.807) is 16.6 Å². The van der Waals surface area contributed by atoms with E-state index in [1.807, 2.05) is 25.3 Å². The summed E-state index contributed by atoms with van der Waals surface area (Å²) < 4.78 is 29.0. The lowest BCUT2D eigenvalue weighted by atomic mass is 10.1. The molecule has 0 fully saturated rings. The summed E-state index contributed by atoms with van der Waals surface area (Å²) in [7, 11) is -3.48. The Labute approximate surface area is 132 Å². The summed E-state index contributed by atoms with van der Waals surface area (Å²) in [6, 6.07) is 5.14. The van der Waals surface area contributed by atoms with Crippen molar-refractivity contribution >= 4 is 26.3 Å². The molecule has 0 saturated carbocycles. The summed E-state index contributed by atoms with van der Waals surface area (Å²) in [5, 5.41) is 6.06. The van der Waals surface area contributed by atoms with Gasteiger partial charge in [0, 0.05) is 18.3 Å². The van der Waals surface area contributed by atoms with Gasteiger partial charge in [0.2, 0.25) is 15.0 Å². The molecule has 0 radical (unpaired) electrons. The molecule has 3 aromatic rings. The molecule has 6 nitrogen and oxygen atoms in total. The number of nitrogens with one attached hydrogen (secondary N) is 1. The van der Waals surface area contributed by atoms with E-state index >= 15 is 0 Å². The number of thiazole rings is 1. The fourth-order valence-corrected chi connectivity index (χ4v) is 4.07. The lowest BCUT2D eigenvalue weighted by Crippen LogP contribution is -2.26. The molecule has 2 aromatic heterocycles. The summed E-state index contributed by atoms with van der Waals surface area (Å²) >= 11 is 1.49. The maximum atomic E-state index is 12.3. The fraction of sp³-hybridized carbons (Fsp3) is 0.286. The van der Waals surface area contributed by atoms with Crippen molar-refractivity contribution in [1.29, 1.82) is 0 Å². The minimum Gasteiger partial charge on any atom is -0.211 e. The lowest BCUT2D eigenvalue weighted by Gasteiger charge is -2.08. The monoisotopic (exact) mass is 336 g/mol. The summed E-state index contributed by atoms with van der Waals surface area (Å²) in [5.74, 6) is 0. The quantitative estimate of drug-likeness (QED) is 0.772. The van der Waals surface area contributed by atoms with Crippen molar-refractivity contribution < 1.29 is 8.42 Å². The van der Waals surface area contributed by atoms with Gasteiger partial charge in [-0.3, -0.25) is 0 Å². The van der Waals surface area contributed by atoms with Gasteiger partial charge in [0.25, 0.3) is 0 Å². The first-order valence-corrected chi connectivity index (χ1v) is 9.17. The number of hydrogen-bond acceptors (Lipinski definition) is 5. The minimum atomic E-state index is -3.48. The SMILES string of the molecule is Cc1ccc(S(=O)(=O)NCCc2csc3ncnn23)cc1C. The van der Waals surface area contributed by atoms with E-state index in [-0.39, 0.29) is 0 Å². The molecule has 0 aliphatic rings. The van der Waals surface area contributed by atoms with Crippen molar-refractivity contribution in [2.75, 3.05) is 6.54 Å². The second-order valence-electron chi connectivity index (χ2n) is 5.08. The molecule has 0 bridgehead atoms. The zero-order valence-corrected chi connectivity index (χ0v) is 13.9. The lowest BCUT2D eigenvalue weighted by molar-refractivity contribution is 0.581. The average molecular weight is 336 g/mol. The summed E-state index contributed by atoms with van der Waals surface area (Å²) in [4.78, 5) is 5.20. The minimum absolute atomic E-state index is 0.298. The van der Waals surface area contributed by atoms with Gasteiger partial charge in [-0.2, -0.15) is 5.10 Å². The van der Waals surface area contributed by atoms with Gasteiger partial charge in [0.1, 0.15) is 6.33 Å². The number of fused-ring (bicyclic) bond motifs is 1. The zero-order valence-electron chi connectivity index (χ0n) is 12.3. The van der Waals surface area contributed by atoms with Crippen LogP contribution in [-0.4, -0.2) is 29.6 Å². The third-order valence-electron chi connectivity index (χ3n) is 3.55. The van der Waals surface area contributed by atoms with Crippen molar-refractivity contribution in [1.82, 2.24) is 19.3 Å². The highest BCUT2D eigenvalue weighted by molar-refractivity contribution is 7.89. The van der Waals surface area contributed by atoms with Crippen molar-refractivity contribution in [2.24, 2.45) is 0 Å². The Hall–Kier alpha value is -1.77. The van der Waals surface area contributed by atoms with Crippen LogP contribution in [0.4, 0.5) is 0 Å². The Bertz CT molecular complexity index is 912. The first-order valence-electron chi connectivity index (χ1n) is 6.80. The van der Waals surface area contributed by atoms with E-state index < -0.39 is 10.0 Å². The van der Waals surface area contributed by atoms with E-state index in [9.17, 15) is 8.42 Å². The second-order valence-corrected chi connectivity index (χ2v) is 7.68. The molecule has 0 saturated heterocycles. The van der Waals surface area contributed by atoms with Crippen molar-refractivity contribution in [3.05, 3.63) is 46.7 Å². The Balaban J connectivity index is 1.70. The molecule has 116 valence electrons. The molecule has 0 unspecified atom stereocenters. The van der Waals surface area contributed by atoms with Gasteiger partial charge in [0.05, 0.1) is 10.6 Å². The number of aromatic nitrogens is 3. The van der Waals surface area contributed by atoms with Gasteiger partial charge in [-0.25, -0.2) is 22.6 Å². The number of benzene rings is 1. The standard InChI is InChI=1S/C14H16N4O2S2/c1-10-3-4-13(7-11(10)2)22(19,20)17-6-5-12-8-21-14-15-9-16-18(12)14/h3-4,7-9,17H,5-6H2,1-2H3. The van der Waals surface area contributed by atoms with Crippen LogP contribution in [-0.2, 0) is 16.4 Å². The van der Waals surface area contributed by atoms with Crippen LogP contribution in [0.1, 0.15) is 16.8 Å². The molecule has 22 heavy (non-hydrogen) atoms. The van der Waals surface area contributed by atoms with Crippen LogP contribution < -0.4 is 4.72 Å². The maximum absolute atomic E-state index is 12.3. The van der Waals surface area contributed by atoms with Gasteiger partial charge < -0.3 is 0 Å². The molecule has 1 N–H and O–H groups in total. The van der Waals surface area contributed by atoms with Crippen LogP contribution in [0.25, 0.3) is 4.96 Å². The summed E-state index contributed by atoms with van der Waals surface area (Å²) in [6.07, 6.45) is 2.06. The smallest absolute Gasteiger partial charge is 0.211 e. The summed E-state index contributed by atoms with van der Waals surface area (Å²) in [5.41, 5.74) is 2.98. The van der Waals surface area contributed by atoms with Gasteiger partial charge in [0.15, 0.2) is 0 Å². The highest BCUT2D eigenvalue weighted by atomic mass is 32.2. The molecular weight excluding hydrogens is 320 g/mol. The molecule has 2 heterocycles. The van der Waals surface area contributed by atoms with Gasteiger partial charge >= 0.3 is 0 Å². The van der Waals surface area contributed by atoms with Crippen molar-refractivity contribution in [3.8, 4) is 0 Å². The molecule has 0 spiro atoms. The van der Waals surface area contributed by atoms with Crippen LogP contribution in [0.2, 0.25) is 0 Å². The highest BCUT2D eigenvalue weighted by Gasteiger charge is 2.14. The first-order chi connectivity index (χ1) is 10.5. The number of aryl methyl sites for hydroxylation is 2. The van der Waals surface area contributed by atoms with Crippen LogP contribution >= 0.6 is 11.3 Å². The van der Waals surface area contributed by atoms with E-state index in [4.69, 9.17) is 0 Å². The predicted molar refractivity (Wildman–Crippen MR) is 85.7 cm³/mol. The molecule has 0 amide bonds. The van der Waals surface area contributed by atoms with Crippen LogP contribution in [0, 0.1) is 13.8 Å². The van der Waals surface area contributed by atoms with Crippen LogP contribution in [0.5, 0.6) is 0 Å². The molecule has 0 aliphatic carbocycles. The van der Waals surface area contributed by atoms with Crippen molar-refractivity contribution in [3.63, 3.8) is 0 Å². The second kappa shape index (κ2) is 5.79. The van der Waals surface area contributed by atoms with Crippen LogP contribution in [0.3, 0.4) is 0 Å². The molecule has 0 atom stereocenters.